The average Bonchev–Trinajstić information content (AvgIpc) is 2.71. The highest BCUT2D eigenvalue weighted by Gasteiger charge is 2.20. The van der Waals surface area contributed by atoms with Gasteiger partial charge in [-0.15, -0.1) is 4.40 Å². The fourth-order valence-corrected chi connectivity index (χ4v) is 5.23. The molecule has 0 atom stereocenters. The van der Waals surface area contributed by atoms with Crippen LogP contribution in [-0.2, 0) is 20.1 Å². The Bertz CT molecular complexity index is 1390. The van der Waals surface area contributed by atoms with Crippen molar-refractivity contribution < 1.29 is 21.0 Å². The predicted octanol–water partition coefficient (Wildman–Crippen LogP) is 4.91. The fourth-order valence-electron chi connectivity index (χ4n) is 3.19. The Labute approximate surface area is 195 Å². The summed E-state index contributed by atoms with van der Waals surface area (Å²) < 4.78 is 59.7. The molecule has 0 radical (unpaired) electrons. The van der Waals surface area contributed by atoms with Gasteiger partial charge in [-0.1, -0.05) is 35.4 Å². The quantitative estimate of drug-likeness (QED) is 0.302. The predicted molar refractivity (Wildman–Crippen MR) is 130 cm³/mol. The molecule has 33 heavy (non-hydrogen) atoms. The number of nitrogens with zero attached hydrogens (tertiary/aromatic N) is 1. The van der Waals surface area contributed by atoms with Crippen LogP contribution >= 0.6 is 0 Å². The van der Waals surface area contributed by atoms with Crippen molar-refractivity contribution in [1.29, 1.82) is 0 Å². The number of hydrogen-bond donors (Lipinski definition) is 1. The third kappa shape index (κ3) is 6.00. The number of amidine groups is 1. The first kappa shape index (κ1) is 24.5. The topological polar surface area (TPSA) is 102 Å². The Morgan fingerprint density at radius 3 is 1.70 bits per heavy atom. The van der Waals surface area contributed by atoms with Crippen molar-refractivity contribution in [2.75, 3.05) is 5.32 Å². The number of sulfonamides is 1. The molecule has 0 aromatic heterocycles. The second kappa shape index (κ2) is 9.36. The number of nitrogens with one attached hydrogen (secondary N) is 1. The molecule has 0 aliphatic carbocycles. The van der Waals surface area contributed by atoms with E-state index in [0.717, 1.165) is 11.1 Å². The highest BCUT2D eigenvalue weighted by atomic mass is 32.2. The minimum atomic E-state index is -3.99. The van der Waals surface area contributed by atoms with E-state index in [2.05, 4.69) is 9.71 Å². The van der Waals surface area contributed by atoms with Crippen LogP contribution in [0.5, 0.6) is 5.75 Å². The van der Waals surface area contributed by atoms with Crippen LogP contribution in [0.25, 0.3) is 0 Å². The molecule has 0 aliphatic rings. The molecule has 9 heteroatoms. The van der Waals surface area contributed by atoms with Gasteiger partial charge in [0.2, 0.25) is 0 Å². The number of rotatable bonds is 6. The van der Waals surface area contributed by atoms with Gasteiger partial charge in [-0.05, 0) is 82.1 Å². The summed E-state index contributed by atoms with van der Waals surface area (Å²) in [4.78, 5) is 0.171. The van der Waals surface area contributed by atoms with Gasteiger partial charge in [-0.2, -0.15) is 16.8 Å². The maximum atomic E-state index is 12.7. The first-order valence-corrected chi connectivity index (χ1v) is 13.0. The molecule has 0 amide bonds. The maximum absolute atomic E-state index is 12.7. The van der Waals surface area contributed by atoms with Crippen molar-refractivity contribution in [2.24, 2.45) is 4.40 Å². The molecule has 174 valence electrons. The lowest BCUT2D eigenvalue weighted by molar-refractivity contribution is 0.482. The van der Waals surface area contributed by atoms with E-state index >= 15 is 0 Å². The third-order valence-electron chi connectivity index (χ3n) is 4.86. The molecule has 3 aromatic rings. The molecule has 0 fully saturated rings. The van der Waals surface area contributed by atoms with Crippen molar-refractivity contribution in [3.63, 3.8) is 0 Å². The second-order valence-corrected chi connectivity index (χ2v) is 11.0. The summed E-state index contributed by atoms with van der Waals surface area (Å²) >= 11 is 0. The van der Waals surface area contributed by atoms with E-state index in [1.165, 1.54) is 24.3 Å². The lowest BCUT2D eigenvalue weighted by Crippen LogP contribution is -2.13. The molecular formula is C24H26N2O5S2. The van der Waals surface area contributed by atoms with E-state index in [-0.39, 0.29) is 21.4 Å². The number of aryl methyl sites for hydroxylation is 4. The first-order valence-electron chi connectivity index (χ1n) is 10.1. The van der Waals surface area contributed by atoms with Crippen LogP contribution in [0.4, 0.5) is 5.69 Å². The van der Waals surface area contributed by atoms with E-state index in [1.807, 2.05) is 13.8 Å². The Morgan fingerprint density at radius 2 is 1.21 bits per heavy atom. The maximum Gasteiger partial charge on any atom is 0.339 e. The summed E-state index contributed by atoms with van der Waals surface area (Å²) in [6.45, 7) is 8.72. The monoisotopic (exact) mass is 486 g/mol. The van der Waals surface area contributed by atoms with E-state index in [1.54, 1.807) is 57.2 Å². The van der Waals surface area contributed by atoms with Gasteiger partial charge in [0.1, 0.15) is 16.5 Å². The van der Waals surface area contributed by atoms with Gasteiger partial charge in [-0.3, -0.25) is 0 Å². The summed E-state index contributed by atoms with van der Waals surface area (Å²) in [6, 6.07) is 16.2. The smallest absolute Gasteiger partial charge is 0.339 e. The number of hydrogen-bond acceptors (Lipinski definition) is 5. The molecule has 0 saturated heterocycles. The van der Waals surface area contributed by atoms with Gasteiger partial charge >= 0.3 is 10.1 Å². The van der Waals surface area contributed by atoms with E-state index < -0.39 is 20.1 Å². The largest absolute Gasteiger partial charge is 0.378 e. The molecule has 7 nitrogen and oxygen atoms in total. The summed E-state index contributed by atoms with van der Waals surface area (Å²) in [5, 5.41) is 2.95. The van der Waals surface area contributed by atoms with E-state index in [9.17, 15) is 16.8 Å². The molecule has 3 rings (SSSR count). The van der Waals surface area contributed by atoms with Gasteiger partial charge in [0.25, 0.3) is 10.0 Å². The molecule has 0 bridgehead atoms. The van der Waals surface area contributed by atoms with Crippen LogP contribution in [-0.4, -0.2) is 22.7 Å². The standard InChI is InChI=1S/C24H26N2O5S2/c1-16-6-10-22(11-7-16)32(27,28)26-20(5)25-21-14-18(3)24(19(4)15-21)31-33(29,30)23-12-8-17(2)9-13-23/h6-15H,1-5H3,(H,25,26). The van der Waals surface area contributed by atoms with Gasteiger partial charge in [-0.25, -0.2) is 0 Å². The minimum absolute atomic E-state index is 0.0680. The van der Waals surface area contributed by atoms with Crippen LogP contribution in [0.3, 0.4) is 0 Å². The molecule has 0 aliphatic heterocycles. The highest BCUT2D eigenvalue weighted by Crippen LogP contribution is 2.30. The Hall–Kier alpha value is -3.17. The van der Waals surface area contributed by atoms with Crippen molar-refractivity contribution in [1.82, 2.24) is 0 Å². The van der Waals surface area contributed by atoms with Crippen molar-refractivity contribution in [2.45, 2.75) is 44.4 Å². The SMILES string of the molecule is CC(=NS(=O)(=O)c1ccc(C)cc1)Nc1cc(C)c(OS(=O)(=O)c2ccc(C)cc2)c(C)c1. The van der Waals surface area contributed by atoms with E-state index in [4.69, 9.17) is 4.18 Å². The zero-order valence-electron chi connectivity index (χ0n) is 19.1. The molecular weight excluding hydrogens is 460 g/mol. The molecule has 3 aromatic carbocycles. The second-order valence-electron chi connectivity index (χ2n) is 7.88. The Morgan fingerprint density at radius 1 is 0.758 bits per heavy atom. The summed E-state index contributed by atoms with van der Waals surface area (Å²) in [6.07, 6.45) is 0. The lowest BCUT2D eigenvalue weighted by atomic mass is 10.1. The van der Waals surface area contributed by atoms with Crippen LogP contribution in [0.2, 0.25) is 0 Å². The average molecular weight is 487 g/mol. The van der Waals surface area contributed by atoms with Crippen molar-refractivity contribution in [3.8, 4) is 5.75 Å². The first-order chi connectivity index (χ1) is 15.4. The van der Waals surface area contributed by atoms with E-state index in [0.29, 0.717) is 16.8 Å². The highest BCUT2D eigenvalue weighted by molar-refractivity contribution is 7.90. The summed E-state index contributed by atoms with van der Waals surface area (Å²) in [5.74, 6) is 0.401. The molecule has 0 heterocycles. The van der Waals surface area contributed by atoms with Crippen LogP contribution < -0.4 is 9.50 Å². The minimum Gasteiger partial charge on any atom is -0.378 e. The van der Waals surface area contributed by atoms with Crippen LogP contribution in [0.15, 0.2) is 74.9 Å². The zero-order chi connectivity index (χ0) is 24.4. The van der Waals surface area contributed by atoms with Crippen LogP contribution in [0.1, 0.15) is 29.2 Å². The summed E-state index contributed by atoms with van der Waals surface area (Å²) in [7, 11) is -7.85. The lowest BCUT2D eigenvalue weighted by Gasteiger charge is -2.15. The Balaban J connectivity index is 1.83. The number of anilines is 1. The molecule has 1 N–H and O–H groups in total. The number of benzene rings is 3. The third-order valence-corrected chi connectivity index (χ3v) is 7.48. The van der Waals surface area contributed by atoms with Gasteiger partial charge in [0, 0.05) is 5.69 Å². The van der Waals surface area contributed by atoms with Crippen molar-refractivity contribution >= 4 is 31.7 Å². The Kier molecular flexibility index (Phi) is 6.94. The van der Waals surface area contributed by atoms with Crippen LogP contribution in [0, 0.1) is 27.7 Å². The molecule has 0 unspecified atom stereocenters. The van der Waals surface area contributed by atoms with Gasteiger partial charge in [0.15, 0.2) is 0 Å². The summed E-state index contributed by atoms with van der Waals surface area (Å²) in [5.41, 5.74) is 3.60. The molecule has 0 spiro atoms. The fraction of sp³-hybridized carbons (Fsp3) is 0.208. The zero-order valence-corrected chi connectivity index (χ0v) is 20.7. The van der Waals surface area contributed by atoms with Gasteiger partial charge < -0.3 is 9.50 Å². The van der Waals surface area contributed by atoms with Crippen molar-refractivity contribution in [3.05, 3.63) is 82.9 Å². The van der Waals surface area contributed by atoms with Gasteiger partial charge in [0.05, 0.1) is 4.90 Å². The molecule has 0 saturated carbocycles. The normalized spacial score (nSPS) is 12.5.